The first-order valence-electron chi connectivity index (χ1n) is 5.07. The minimum atomic E-state index is -2.78. The Morgan fingerprint density at radius 1 is 1.41 bits per heavy atom. The second-order valence-electron chi connectivity index (χ2n) is 4.53. The molecule has 0 aliphatic rings. The lowest BCUT2D eigenvalue weighted by Crippen LogP contribution is -2.21. The molecule has 94 valence electrons. The summed E-state index contributed by atoms with van der Waals surface area (Å²) in [5.74, 6) is -1.48. The molecule has 0 aromatic heterocycles. The molecule has 2 N–H and O–H groups in total. The molecule has 0 amide bonds. The summed E-state index contributed by atoms with van der Waals surface area (Å²) in [5.41, 5.74) is -0.766. The Hall–Kier alpha value is -1.65. The van der Waals surface area contributed by atoms with E-state index in [0.29, 0.717) is 5.56 Å². The Labute approximate surface area is 97.7 Å². The molecule has 0 aliphatic carbocycles. The van der Waals surface area contributed by atoms with Gasteiger partial charge in [0.05, 0.1) is 12.0 Å². The second kappa shape index (κ2) is 4.69. The van der Waals surface area contributed by atoms with Crippen molar-refractivity contribution in [1.82, 2.24) is 0 Å². The second-order valence-corrected chi connectivity index (χ2v) is 4.53. The highest BCUT2D eigenvalue weighted by Gasteiger charge is 2.26. The van der Waals surface area contributed by atoms with Crippen LogP contribution in [0.3, 0.4) is 0 Å². The molecule has 0 saturated heterocycles. The first-order chi connectivity index (χ1) is 7.74. The number of carboxylic acid groups (broad SMARTS) is 1. The van der Waals surface area contributed by atoms with Gasteiger partial charge in [-0.15, -0.1) is 0 Å². The normalized spacial score (nSPS) is 11.8. The van der Waals surface area contributed by atoms with Crippen molar-refractivity contribution in [1.29, 1.82) is 0 Å². The van der Waals surface area contributed by atoms with Gasteiger partial charge in [0.1, 0.15) is 5.75 Å². The van der Waals surface area contributed by atoms with Crippen LogP contribution in [0, 0.1) is 0 Å². The molecule has 1 aromatic rings. The summed E-state index contributed by atoms with van der Waals surface area (Å²) >= 11 is 0. The largest absolute Gasteiger partial charge is 0.507 e. The fraction of sp³-hybridized carbons (Fsp3) is 0.417. The minimum Gasteiger partial charge on any atom is -0.507 e. The third-order valence-electron chi connectivity index (χ3n) is 2.64. The zero-order valence-electron chi connectivity index (χ0n) is 9.58. The van der Waals surface area contributed by atoms with Gasteiger partial charge in [-0.1, -0.05) is 19.9 Å². The predicted octanol–water partition coefficient (Wildman–Crippen LogP) is 3.08. The maximum absolute atomic E-state index is 12.6. The molecule has 0 fully saturated rings. The third kappa shape index (κ3) is 3.15. The van der Waals surface area contributed by atoms with Gasteiger partial charge in [0.15, 0.2) is 0 Å². The van der Waals surface area contributed by atoms with Gasteiger partial charge in [-0.2, -0.15) is 0 Å². The van der Waals surface area contributed by atoms with E-state index in [9.17, 15) is 18.7 Å². The molecular formula is C12H14F2O3. The van der Waals surface area contributed by atoms with Crippen molar-refractivity contribution < 1.29 is 23.8 Å². The molecule has 0 unspecified atom stereocenters. The van der Waals surface area contributed by atoms with Crippen LogP contribution in [0.5, 0.6) is 5.75 Å². The highest BCUT2D eigenvalue weighted by atomic mass is 19.3. The number of alkyl halides is 2. The lowest BCUT2D eigenvalue weighted by molar-refractivity contribution is -0.138. The number of carbonyl (C=O) groups is 1. The SMILES string of the molecule is CC(C)(CC(=O)O)c1ccc(O)c(C(F)F)c1. The van der Waals surface area contributed by atoms with E-state index in [0.717, 1.165) is 6.07 Å². The number of phenols is 1. The molecule has 5 heteroatoms. The molecule has 0 heterocycles. The van der Waals surface area contributed by atoms with Gasteiger partial charge in [0.2, 0.25) is 0 Å². The number of benzene rings is 1. The molecule has 1 aromatic carbocycles. The smallest absolute Gasteiger partial charge is 0.304 e. The van der Waals surface area contributed by atoms with Crippen molar-refractivity contribution >= 4 is 5.97 Å². The van der Waals surface area contributed by atoms with Gasteiger partial charge < -0.3 is 10.2 Å². The molecular weight excluding hydrogens is 230 g/mol. The Morgan fingerprint density at radius 3 is 2.47 bits per heavy atom. The van der Waals surface area contributed by atoms with Crippen LogP contribution in [0.4, 0.5) is 8.78 Å². The van der Waals surface area contributed by atoms with Crippen molar-refractivity contribution in [2.75, 3.05) is 0 Å². The van der Waals surface area contributed by atoms with E-state index in [-0.39, 0.29) is 6.42 Å². The Bertz CT molecular complexity index is 428. The van der Waals surface area contributed by atoms with Crippen LogP contribution in [0.2, 0.25) is 0 Å². The Morgan fingerprint density at radius 2 is 2.00 bits per heavy atom. The van der Waals surface area contributed by atoms with Crippen molar-refractivity contribution in [3.8, 4) is 5.75 Å². The van der Waals surface area contributed by atoms with Gasteiger partial charge in [-0.3, -0.25) is 4.79 Å². The monoisotopic (exact) mass is 244 g/mol. The number of aliphatic carboxylic acids is 1. The van der Waals surface area contributed by atoms with Gasteiger partial charge in [0, 0.05) is 5.41 Å². The van der Waals surface area contributed by atoms with Crippen molar-refractivity contribution in [3.05, 3.63) is 29.3 Å². The van der Waals surface area contributed by atoms with E-state index in [4.69, 9.17) is 5.11 Å². The van der Waals surface area contributed by atoms with E-state index in [1.54, 1.807) is 13.8 Å². The number of rotatable bonds is 4. The maximum Gasteiger partial charge on any atom is 0.304 e. The first kappa shape index (κ1) is 13.4. The standard InChI is InChI=1S/C12H14F2O3/c1-12(2,6-10(16)17)7-3-4-9(15)8(5-7)11(13)14/h3-5,11,15H,6H2,1-2H3,(H,16,17). The average molecular weight is 244 g/mol. The molecule has 0 bridgehead atoms. The first-order valence-corrected chi connectivity index (χ1v) is 5.07. The van der Waals surface area contributed by atoms with Gasteiger partial charge in [-0.05, 0) is 17.7 Å². The van der Waals surface area contributed by atoms with Crippen LogP contribution in [0.15, 0.2) is 18.2 Å². The molecule has 3 nitrogen and oxygen atoms in total. The number of phenolic OH excluding ortho intramolecular Hbond substituents is 1. The summed E-state index contributed by atoms with van der Waals surface area (Å²) in [5, 5.41) is 18.0. The molecule has 0 spiro atoms. The molecule has 17 heavy (non-hydrogen) atoms. The number of hydrogen-bond acceptors (Lipinski definition) is 2. The fourth-order valence-electron chi connectivity index (χ4n) is 1.63. The van der Waals surface area contributed by atoms with Crippen molar-refractivity contribution in [2.45, 2.75) is 32.1 Å². The zero-order valence-corrected chi connectivity index (χ0v) is 9.58. The minimum absolute atomic E-state index is 0.166. The van der Waals surface area contributed by atoms with E-state index in [1.165, 1.54) is 12.1 Å². The van der Waals surface area contributed by atoms with Crippen molar-refractivity contribution in [2.24, 2.45) is 0 Å². The molecule has 0 atom stereocenters. The van der Waals surface area contributed by atoms with Crippen LogP contribution in [0.25, 0.3) is 0 Å². The molecule has 1 rings (SSSR count). The van der Waals surface area contributed by atoms with Gasteiger partial charge in [-0.25, -0.2) is 8.78 Å². The number of carboxylic acids is 1. The van der Waals surface area contributed by atoms with Crippen molar-refractivity contribution in [3.63, 3.8) is 0 Å². The molecule has 0 radical (unpaired) electrons. The summed E-state index contributed by atoms with van der Waals surface area (Å²) in [6, 6.07) is 3.79. The predicted molar refractivity (Wildman–Crippen MR) is 58.3 cm³/mol. The van der Waals surface area contributed by atoms with E-state index < -0.39 is 29.1 Å². The van der Waals surface area contributed by atoms with Gasteiger partial charge >= 0.3 is 5.97 Å². The average Bonchev–Trinajstić information content (AvgIpc) is 2.15. The highest BCUT2D eigenvalue weighted by Crippen LogP contribution is 2.34. The van der Waals surface area contributed by atoms with E-state index in [1.807, 2.05) is 0 Å². The summed E-state index contributed by atoms with van der Waals surface area (Å²) in [7, 11) is 0. The summed E-state index contributed by atoms with van der Waals surface area (Å²) in [6.45, 7) is 3.31. The third-order valence-corrected chi connectivity index (χ3v) is 2.64. The van der Waals surface area contributed by atoms with Crippen LogP contribution >= 0.6 is 0 Å². The highest BCUT2D eigenvalue weighted by molar-refractivity contribution is 5.69. The Balaban J connectivity index is 3.15. The number of halogens is 2. The lowest BCUT2D eigenvalue weighted by atomic mass is 9.81. The quantitative estimate of drug-likeness (QED) is 0.855. The van der Waals surface area contributed by atoms with Crippen LogP contribution in [-0.2, 0) is 10.2 Å². The Kier molecular flexibility index (Phi) is 3.70. The van der Waals surface area contributed by atoms with Gasteiger partial charge in [0.25, 0.3) is 6.43 Å². The van der Waals surface area contributed by atoms with E-state index in [2.05, 4.69) is 0 Å². The number of hydrogen-bond donors (Lipinski definition) is 2. The van der Waals surface area contributed by atoms with Crippen LogP contribution in [0.1, 0.15) is 37.8 Å². The molecule has 0 aliphatic heterocycles. The zero-order chi connectivity index (χ0) is 13.2. The molecule has 0 saturated carbocycles. The van der Waals surface area contributed by atoms with Crippen LogP contribution in [-0.4, -0.2) is 16.2 Å². The summed E-state index contributed by atoms with van der Waals surface area (Å²) in [4.78, 5) is 10.7. The fourth-order valence-corrected chi connectivity index (χ4v) is 1.63. The summed E-state index contributed by atoms with van der Waals surface area (Å²) < 4.78 is 25.2. The number of aromatic hydroxyl groups is 1. The van der Waals surface area contributed by atoms with E-state index >= 15 is 0 Å². The van der Waals surface area contributed by atoms with Crippen LogP contribution < -0.4 is 0 Å². The lowest BCUT2D eigenvalue weighted by Gasteiger charge is -2.24. The summed E-state index contributed by atoms with van der Waals surface area (Å²) in [6.07, 6.45) is -2.95. The topological polar surface area (TPSA) is 57.5 Å². The maximum atomic E-state index is 12.6.